The molecule has 2 aromatic rings. The van der Waals surface area contributed by atoms with Crippen molar-refractivity contribution in [1.29, 1.82) is 0 Å². The summed E-state index contributed by atoms with van der Waals surface area (Å²) < 4.78 is 5.23. The Hall–Kier alpha value is -2.57. The molecule has 2 rings (SSSR count). The monoisotopic (exact) mass is 389 g/mol. The standard InChI is InChI=1S/C20H24ClN3O3/c1-13-10-17(18(27-2)11-15(13)21)24-19(25)8-9-23-20(26)12-16(22)14-6-4-3-5-7-14/h3-7,10-11,16H,8-9,12,22H2,1-2H3,(H,23,26)(H,24,25). The third-order valence-electron chi connectivity index (χ3n) is 4.06. The summed E-state index contributed by atoms with van der Waals surface area (Å²) in [5.74, 6) is 0.0542. The molecule has 0 aliphatic rings. The number of nitrogens with two attached hydrogens (primary N) is 1. The molecule has 6 nitrogen and oxygen atoms in total. The number of benzene rings is 2. The van der Waals surface area contributed by atoms with E-state index in [1.807, 2.05) is 37.3 Å². The molecule has 4 N–H and O–H groups in total. The van der Waals surface area contributed by atoms with Crippen LogP contribution in [0.4, 0.5) is 5.69 Å². The summed E-state index contributed by atoms with van der Waals surface area (Å²) in [6.45, 7) is 2.06. The lowest BCUT2D eigenvalue weighted by molar-refractivity contribution is -0.121. The first kappa shape index (κ1) is 20.7. The van der Waals surface area contributed by atoms with E-state index in [9.17, 15) is 9.59 Å². The number of amides is 2. The van der Waals surface area contributed by atoms with Crippen molar-refractivity contribution in [3.8, 4) is 5.75 Å². The summed E-state index contributed by atoms with van der Waals surface area (Å²) >= 11 is 6.05. The van der Waals surface area contributed by atoms with Crippen LogP contribution in [0, 0.1) is 6.92 Å². The molecule has 1 atom stereocenters. The highest BCUT2D eigenvalue weighted by Gasteiger charge is 2.13. The number of nitrogens with one attached hydrogen (secondary N) is 2. The molecule has 2 amide bonds. The fourth-order valence-electron chi connectivity index (χ4n) is 2.55. The lowest BCUT2D eigenvalue weighted by Gasteiger charge is -2.13. The second-order valence-corrected chi connectivity index (χ2v) is 6.58. The minimum atomic E-state index is -0.374. The zero-order valence-corrected chi connectivity index (χ0v) is 16.2. The van der Waals surface area contributed by atoms with E-state index in [1.54, 1.807) is 12.1 Å². The van der Waals surface area contributed by atoms with Gasteiger partial charge in [0.15, 0.2) is 0 Å². The number of anilines is 1. The Balaban J connectivity index is 1.79. The summed E-state index contributed by atoms with van der Waals surface area (Å²) in [6, 6.07) is 12.4. The smallest absolute Gasteiger partial charge is 0.226 e. The van der Waals surface area contributed by atoms with Crippen LogP contribution >= 0.6 is 11.6 Å². The van der Waals surface area contributed by atoms with Crippen molar-refractivity contribution in [2.24, 2.45) is 5.73 Å². The van der Waals surface area contributed by atoms with Crippen LogP contribution in [0.25, 0.3) is 0 Å². The van der Waals surface area contributed by atoms with E-state index in [1.165, 1.54) is 7.11 Å². The topological polar surface area (TPSA) is 93.5 Å². The molecular formula is C20H24ClN3O3. The second-order valence-electron chi connectivity index (χ2n) is 6.17. The normalized spacial score (nSPS) is 11.6. The number of methoxy groups -OCH3 is 1. The number of hydrogen-bond acceptors (Lipinski definition) is 4. The molecule has 2 aromatic carbocycles. The molecule has 0 saturated heterocycles. The van der Waals surface area contributed by atoms with Gasteiger partial charge in [-0.15, -0.1) is 0 Å². The van der Waals surface area contributed by atoms with Gasteiger partial charge in [0.25, 0.3) is 0 Å². The molecule has 0 spiro atoms. The van der Waals surface area contributed by atoms with Crippen LogP contribution in [-0.4, -0.2) is 25.5 Å². The highest BCUT2D eigenvalue weighted by Crippen LogP contribution is 2.30. The first-order chi connectivity index (χ1) is 12.9. The number of halogens is 1. The predicted octanol–water partition coefficient (Wildman–Crippen LogP) is 3.19. The van der Waals surface area contributed by atoms with E-state index >= 15 is 0 Å². The maximum atomic E-state index is 12.1. The number of hydrogen-bond donors (Lipinski definition) is 3. The van der Waals surface area contributed by atoms with E-state index in [-0.39, 0.29) is 37.2 Å². The molecule has 0 bridgehead atoms. The number of carbonyl (C=O) groups excluding carboxylic acids is 2. The number of rotatable bonds is 8. The molecule has 0 fully saturated rings. The Labute approximate surface area is 164 Å². The van der Waals surface area contributed by atoms with Gasteiger partial charge >= 0.3 is 0 Å². The predicted molar refractivity (Wildman–Crippen MR) is 107 cm³/mol. The highest BCUT2D eigenvalue weighted by atomic mass is 35.5. The summed E-state index contributed by atoms with van der Waals surface area (Å²) in [5, 5.41) is 6.05. The Morgan fingerprint density at radius 2 is 1.89 bits per heavy atom. The van der Waals surface area contributed by atoms with E-state index in [0.29, 0.717) is 16.5 Å². The van der Waals surface area contributed by atoms with Crippen LogP contribution in [0.3, 0.4) is 0 Å². The van der Waals surface area contributed by atoms with Crippen LogP contribution < -0.4 is 21.1 Å². The maximum Gasteiger partial charge on any atom is 0.226 e. The summed E-state index contributed by atoms with van der Waals surface area (Å²) in [6.07, 6.45) is 0.299. The highest BCUT2D eigenvalue weighted by molar-refractivity contribution is 6.31. The number of ether oxygens (including phenoxy) is 1. The summed E-state index contributed by atoms with van der Waals surface area (Å²) in [5.41, 5.74) is 8.29. The maximum absolute atomic E-state index is 12.1. The van der Waals surface area contributed by atoms with E-state index in [4.69, 9.17) is 22.1 Å². The van der Waals surface area contributed by atoms with Gasteiger partial charge in [0.1, 0.15) is 5.75 Å². The molecule has 0 aliphatic heterocycles. The van der Waals surface area contributed by atoms with Gasteiger partial charge in [-0.25, -0.2) is 0 Å². The van der Waals surface area contributed by atoms with Crippen molar-refractivity contribution in [2.75, 3.05) is 19.0 Å². The van der Waals surface area contributed by atoms with Gasteiger partial charge in [-0.05, 0) is 24.1 Å². The zero-order valence-electron chi connectivity index (χ0n) is 15.4. The first-order valence-corrected chi connectivity index (χ1v) is 8.99. The molecule has 0 aliphatic carbocycles. The van der Waals surface area contributed by atoms with Gasteiger partial charge < -0.3 is 21.1 Å². The summed E-state index contributed by atoms with van der Waals surface area (Å²) in [4.78, 5) is 24.1. The van der Waals surface area contributed by atoms with Crippen molar-refractivity contribution in [1.82, 2.24) is 5.32 Å². The number of carbonyl (C=O) groups is 2. The van der Waals surface area contributed by atoms with Crippen LogP contribution in [0.1, 0.15) is 30.0 Å². The van der Waals surface area contributed by atoms with Gasteiger partial charge in [-0.1, -0.05) is 41.9 Å². The number of aryl methyl sites for hydroxylation is 1. The zero-order chi connectivity index (χ0) is 19.8. The lowest BCUT2D eigenvalue weighted by Crippen LogP contribution is -2.30. The van der Waals surface area contributed by atoms with Gasteiger partial charge in [-0.3, -0.25) is 9.59 Å². The molecule has 0 radical (unpaired) electrons. The Morgan fingerprint density at radius 3 is 2.56 bits per heavy atom. The molecule has 144 valence electrons. The van der Waals surface area contributed by atoms with Crippen molar-refractivity contribution in [2.45, 2.75) is 25.8 Å². The molecule has 27 heavy (non-hydrogen) atoms. The minimum absolute atomic E-state index is 0.136. The van der Waals surface area contributed by atoms with Crippen molar-refractivity contribution in [3.63, 3.8) is 0 Å². The van der Waals surface area contributed by atoms with E-state index in [2.05, 4.69) is 10.6 Å². The Kier molecular flexibility index (Phi) is 7.64. The first-order valence-electron chi connectivity index (χ1n) is 8.62. The quantitative estimate of drug-likeness (QED) is 0.646. The third kappa shape index (κ3) is 6.27. The minimum Gasteiger partial charge on any atom is -0.495 e. The molecular weight excluding hydrogens is 366 g/mol. The average Bonchev–Trinajstić information content (AvgIpc) is 2.65. The molecule has 0 saturated carbocycles. The van der Waals surface area contributed by atoms with Gasteiger partial charge in [0, 0.05) is 36.5 Å². The third-order valence-corrected chi connectivity index (χ3v) is 4.47. The molecule has 1 unspecified atom stereocenters. The largest absolute Gasteiger partial charge is 0.495 e. The van der Waals surface area contributed by atoms with Crippen LogP contribution in [-0.2, 0) is 9.59 Å². The van der Waals surface area contributed by atoms with Crippen LogP contribution in [0.2, 0.25) is 5.02 Å². The SMILES string of the molecule is COc1cc(Cl)c(C)cc1NC(=O)CCNC(=O)CC(N)c1ccccc1. The molecule has 0 heterocycles. The fourth-order valence-corrected chi connectivity index (χ4v) is 2.70. The van der Waals surface area contributed by atoms with Gasteiger partial charge in [0.05, 0.1) is 12.8 Å². The lowest BCUT2D eigenvalue weighted by atomic mass is 10.0. The molecule has 7 heteroatoms. The van der Waals surface area contributed by atoms with Crippen molar-refractivity contribution >= 4 is 29.1 Å². The van der Waals surface area contributed by atoms with E-state index < -0.39 is 0 Å². The van der Waals surface area contributed by atoms with Gasteiger partial charge in [0.2, 0.25) is 11.8 Å². The Morgan fingerprint density at radius 1 is 1.19 bits per heavy atom. The molecule has 0 aromatic heterocycles. The van der Waals surface area contributed by atoms with Crippen LogP contribution in [0.15, 0.2) is 42.5 Å². The van der Waals surface area contributed by atoms with E-state index in [0.717, 1.165) is 11.1 Å². The Bertz CT molecular complexity index is 797. The van der Waals surface area contributed by atoms with Crippen molar-refractivity contribution in [3.05, 3.63) is 58.6 Å². The summed E-state index contributed by atoms with van der Waals surface area (Å²) in [7, 11) is 1.51. The average molecular weight is 390 g/mol. The van der Waals surface area contributed by atoms with Gasteiger partial charge in [-0.2, -0.15) is 0 Å². The van der Waals surface area contributed by atoms with Crippen LogP contribution in [0.5, 0.6) is 5.75 Å². The second kappa shape index (κ2) is 9.94. The van der Waals surface area contributed by atoms with Crippen molar-refractivity contribution < 1.29 is 14.3 Å². The fraction of sp³-hybridized carbons (Fsp3) is 0.300.